The van der Waals surface area contributed by atoms with Crippen molar-refractivity contribution in [3.05, 3.63) is 58.7 Å². The summed E-state index contributed by atoms with van der Waals surface area (Å²) in [5.74, 6) is -0.582. The number of nitrogens with one attached hydrogen (secondary N) is 1. The summed E-state index contributed by atoms with van der Waals surface area (Å²) in [6.07, 6.45) is 0.789. The fourth-order valence-electron chi connectivity index (χ4n) is 5.09. The molecule has 1 saturated carbocycles. The van der Waals surface area contributed by atoms with Crippen LogP contribution in [0.4, 0.5) is 18.9 Å². The SMILES string of the molecule is Cl.O=C(O)CCNCC(=O)N1CCc2cc(OCc3ccc(C4CCCCC4)c(C(F)(F)F)c3)ccc21. The van der Waals surface area contributed by atoms with Crippen LogP contribution in [0.25, 0.3) is 0 Å². The highest BCUT2D eigenvalue weighted by atomic mass is 35.5. The quantitative estimate of drug-likeness (QED) is 0.398. The number of benzene rings is 2. The van der Waals surface area contributed by atoms with Crippen LogP contribution in [-0.2, 0) is 28.8 Å². The van der Waals surface area contributed by atoms with E-state index in [2.05, 4.69) is 5.32 Å². The molecule has 1 fully saturated rings. The number of carboxylic acid groups (broad SMARTS) is 1. The van der Waals surface area contributed by atoms with Crippen LogP contribution in [0.5, 0.6) is 5.75 Å². The van der Waals surface area contributed by atoms with Gasteiger partial charge in [-0.3, -0.25) is 9.59 Å². The fraction of sp³-hybridized carbons (Fsp3) is 0.481. The monoisotopic (exact) mass is 540 g/mol. The van der Waals surface area contributed by atoms with Crippen molar-refractivity contribution in [2.45, 2.75) is 63.6 Å². The molecule has 4 rings (SSSR count). The first-order valence-electron chi connectivity index (χ1n) is 12.4. The van der Waals surface area contributed by atoms with E-state index in [0.717, 1.165) is 43.4 Å². The van der Waals surface area contributed by atoms with E-state index in [1.807, 2.05) is 6.07 Å². The van der Waals surface area contributed by atoms with E-state index in [-0.39, 0.29) is 50.3 Å². The molecule has 1 heterocycles. The van der Waals surface area contributed by atoms with Crippen LogP contribution >= 0.6 is 12.4 Å². The van der Waals surface area contributed by atoms with Gasteiger partial charge in [-0.05, 0) is 66.1 Å². The van der Waals surface area contributed by atoms with E-state index in [1.165, 1.54) is 6.07 Å². The first-order chi connectivity index (χ1) is 17.2. The van der Waals surface area contributed by atoms with Gasteiger partial charge in [0.25, 0.3) is 0 Å². The number of hydrogen-bond acceptors (Lipinski definition) is 4. The molecule has 0 spiro atoms. The Kier molecular flexibility index (Phi) is 9.84. The number of nitrogens with zero attached hydrogens (tertiary/aromatic N) is 1. The molecule has 37 heavy (non-hydrogen) atoms. The molecule has 2 aliphatic rings. The average molecular weight is 541 g/mol. The van der Waals surface area contributed by atoms with Crippen molar-refractivity contribution in [1.29, 1.82) is 0 Å². The van der Waals surface area contributed by atoms with Crippen LogP contribution in [0.1, 0.15) is 66.7 Å². The van der Waals surface area contributed by atoms with E-state index in [9.17, 15) is 22.8 Å². The van der Waals surface area contributed by atoms with Gasteiger partial charge in [0.05, 0.1) is 18.5 Å². The van der Waals surface area contributed by atoms with Crippen molar-refractivity contribution in [2.75, 3.05) is 24.5 Å². The zero-order chi connectivity index (χ0) is 25.7. The van der Waals surface area contributed by atoms with Crippen LogP contribution in [-0.4, -0.2) is 36.6 Å². The van der Waals surface area contributed by atoms with Gasteiger partial charge < -0.3 is 20.1 Å². The molecule has 0 atom stereocenters. The molecule has 1 amide bonds. The summed E-state index contributed by atoms with van der Waals surface area (Å²) in [6, 6.07) is 9.87. The minimum Gasteiger partial charge on any atom is -0.489 e. The number of rotatable bonds is 9. The lowest BCUT2D eigenvalue weighted by Crippen LogP contribution is -2.37. The number of halogens is 4. The summed E-state index contributed by atoms with van der Waals surface area (Å²) in [6.45, 7) is 0.786. The maximum Gasteiger partial charge on any atom is 0.416 e. The number of fused-ring (bicyclic) bond motifs is 1. The summed E-state index contributed by atoms with van der Waals surface area (Å²) in [5.41, 5.74) is 1.99. The zero-order valence-corrected chi connectivity index (χ0v) is 21.3. The van der Waals surface area contributed by atoms with Crippen molar-refractivity contribution in [2.24, 2.45) is 0 Å². The number of carboxylic acids is 1. The highest BCUT2D eigenvalue weighted by Crippen LogP contribution is 2.41. The average Bonchev–Trinajstić information content (AvgIpc) is 3.28. The van der Waals surface area contributed by atoms with Crippen LogP contribution in [0.15, 0.2) is 36.4 Å². The largest absolute Gasteiger partial charge is 0.489 e. The summed E-state index contributed by atoms with van der Waals surface area (Å²) in [7, 11) is 0. The minimum atomic E-state index is -4.41. The number of alkyl halides is 3. The second-order valence-electron chi connectivity index (χ2n) is 9.45. The molecule has 2 aromatic rings. The molecule has 1 aliphatic carbocycles. The topological polar surface area (TPSA) is 78.9 Å². The van der Waals surface area contributed by atoms with Gasteiger partial charge in [-0.2, -0.15) is 13.2 Å². The third kappa shape index (κ3) is 7.38. The Bertz CT molecular complexity index is 1100. The normalized spacial score (nSPS) is 15.7. The Morgan fingerprint density at radius 1 is 1.08 bits per heavy atom. The van der Waals surface area contributed by atoms with Crippen LogP contribution in [0.3, 0.4) is 0 Å². The highest BCUT2D eigenvalue weighted by molar-refractivity contribution is 5.96. The second-order valence-corrected chi connectivity index (χ2v) is 9.45. The molecule has 0 aromatic heterocycles. The summed E-state index contributed by atoms with van der Waals surface area (Å²) in [4.78, 5) is 24.7. The maximum absolute atomic E-state index is 13.8. The Morgan fingerprint density at radius 2 is 1.84 bits per heavy atom. The van der Waals surface area contributed by atoms with Crippen molar-refractivity contribution in [3.63, 3.8) is 0 Å². The Labute approximate surface area is 220 Å². The van der Waals surface area contributed by atoms with Gasteiger partial charge in [-0.1, -0.05) is 31.4 Å². The van der Waals surface area contributed by atoms with Crippen molar-refractivity contribution in [3.8, 4) is 5.75 Å². The van der Waals surface area contributed by atoms with E-state index in [0.29, 0.717) is 29.8 Å². The van der Waals surface area contributed by atoms with E-state index in [1.54, 1.807) is 29.2 Å². The first kappa shape index (κ1) is 28.8. The molecule has 0 saturated heterocycles. The Morgan fingerprint density at radius 3 is 2.54 bits per heavy atom. The number of hydrogen-bond donors (Lipinski definition) is 2. The molecule has 2 aromatic carbocycles. The fourth-order valence-corrected chi connectivity index (χ4v) is 5.09. The van der Waals surface area contributed by atoms with E-state index < -0.39 is 17.7 Å². The summed E-state index contributed by atoms with van der Waals surface area (Å²) < 4.78 is 47.3. The minimum absolute atomic E-state index is 0. The molecular formula is C27H32ClF3N2O4. The lowest BCUT2D eigenvalue weighted by atomic mass is 9.81. The van der Waals surface area contributed by atoms with E-state index in [4.69, 9.17) is 9.84 Å². The van der Waals surface area contributed by atoms with Crippen molar-refractivity contribution >= 4 is 30.0 Å². The number of aliphatic carboxylic acids is 1. The second kappa shape index (κ2) is 12.6. The molecule has 0 unspecified atom stereocenters. The maximum atomic E-state index is 13.8. The third-order valence-electron chi connectivity index (χ3n) is 6.91. The zero-order valence-electron chi connectivity index (χ0n) is 20.5. The molecule has 0 bridgehead atoms. The molecule has 6 nitrogen and oxygen atoms in total. The smallest absolute Gasteiger partial charge is 0.416 e. The Balaban J connectivity index is 0.00000380. The molecule has 202 valence electrons. The van der Waals surface area contributed by atoms with Crippen LogP contribution < -0.4 is 15.0 Å². The van der Waals surface area contributed by atoms with Gasteiger partial charge >= 0.3 is 12.1 Å². The number of amides is 1. The lowest BCUT2D eigenvalue weighted by Gasteiger charge is -2.25. The standard InChI is InChI=1S/C27H31F3N2O4.ClH/c28-27(29,30)23-14-18(6-8-22(23)19-4-2-1-3-5-19)17-36-21-7-9-24-20(15-21)11-13-32(24)25(33)16-31-12-10-26(34)35;/h6-9,14-15,19,31H,1-5,10-13,16-17H2,(H,34,35);1H. The molecule has 2 N–H and O–H groups in total. The van der Waals surface area contributed by atoms with Gasteiger partial charge in [0.2, 0.25) is 5.91 Å². The van der Waals surface area contributed by atoms with Crippen molar-refractivity contribution < 1.29 is 32.6 Å². The molecule has 10 heteroatoms. The van der Waals surface area contributed by atoms with Gasteiger partial charge in [0.15, 0.2) is 0 Å². The number of anilines is 1. The third-order valence-corrected chi connectivity index (χ3v) is 6.91. The van der Waals surface area contributed by atoms with Crippen LogP contribution in [0, 0.1) is 0 Å². The number of carbonyl (C=O) groups excluding carboxylic acids is 1. The first-order valence-corrected chi connectivity index (χ1v) is 12.4. The number of ether oxygens (including phenoxy) is 1. The summed E-state index contributed by atoms with van der Waals surface area (Å²) >= 11 is 0. The van der Waals surface area contributed by atoms with Gasteiger partial charge in [0, 0.05) is 18.8 Å². The van der Waals surface area contributed by atoms with Gasteiger partial charge in [0.1, 0.15) is 12.4 Å². The molecule has 1 aliphatic heterocycles. The van der Waals surface area contributed by atoms with Crippen LogP contribution in [0.2, 0.25) is 0 Å². The number of carbonyl (C=O) groups is 2. The van der Waals surface area contributed by atoms with Crippen molar-refractivity contribution in [1.82, 2.24) is 5.32 Å². The van der Waals surface area contributed by atoms with Gasteiger partial charge in [-0.15, -0.1) is 12.4 Å². The molecule has 0 radical (unpaired) electrons. The lowest BCUT2D eigenvalue weighted by molar-refractivity contribution is -0.139. The summed E-state index contributed by atoms with van der Waals surface area (Å²) in [5, 5.41) is 11.5. The predicted molar refractivity (Wildman–Crippen MR) is 136 cm³/mol. The van der Waals surface area contributed by atoms with Gasteiger partial charge in [-0.25, -0.2) is 0 Å². The highest BCUT2D eigenvalue weighted by Gasteiger charge is 2.36. The Hall–Kier alpha value is -2.78. The van der Waals surface area contributed by atoms with E-state index >= 15 is 0 Å². The predicted octanol–water partition coefficient (Wildman–Crippen LogP) is 5.71. The molecular weight excluding hydrogens is 509 g/mol.